The Labute approximate surface area is 176 Å². The second-order valence-electron chi connectivity index (χ2n) is 6.72. The number of aliphatic carboxylic acids is 1. The van der Waals surface area contributed by atoms with Crippen LogP contribution >= 0.6 is 22.9 Å². The number of carboxylic acid groups (broad SMARTS) is 1. The van der Waals surface area contributed by atoms with Gasteiger partial charge in [-0.3, -0.25) is 4.79 Å². The molecule has 0 bridgehead atoms. The molecule has 0 saturated heterocycles. The predicted molar refractivity (Wildman–Crippen MR) is 114 cm³/mol. The highest BCUT2D eigenvalue weighted by Gasteiger charge is 2.24. The number of benzene rings is 2. The van der Waals surface area contributed by atoms with E-state index in [1.165, 1.54) is 15.3 Å². The van der Waals surface area contributed by atoms with Crippen molar-refractivity contribution < 1.29 is 18.3 Å². The zero-order chi connectivity index (χ0) is 20.8. The molecule has 1 N–H and O–H groups in total. The van der Waals surface area contributed by atoms with Gasteiger partial charge in [0, 0.05) is 22.5 Å². The zero-order valence-electron chi connectivity index (χ0n) is 15.4. The summed E-state index contributed by atoms with van der Waals surface area (Å²) >= 11 is 7.52. The standard InChI is InChI=1S/C20H17ClN2O4S2/c1-12-22-17-7-6-16(11-19(17)28-12)29(26,27)23-15(3-2-4-20(24)25)10-13-9-14(21)5-8-18(13)23/h5-11H,2-4H2,1H3,(H,24,25). The van der Waals surface area contributed by atoms with E-state index in [-0.39, 0.29) is 11.3 Å². The number of fused-ring (bicyclic) bond motifs is 2. The third kappa shape index (κ3) is 3.75. The van der Waals surface area contributed by atoms with Gasteiger partial charge >= 0.3 is 5.97 Å². The fourth-order valence-corrected chi connectivity index (χ4v) is 6.10. The van der Waals surface area contributed by atoms with Gasteiger partial charge < -0.3 is 5.11 Å². The average Bonchev–Trinajstić information content (AvgIpc) is 3.19. The molecule has 29 heavy (non-hydrogen) atoms. The number of nitrogens with zero attached hydrogens (tertiary/aromatic N) is 2. The van der Waals surface area contributed by atoms with Crippen molar-refractivity contribution in [2.75, 3.05) is 0 Å². The average molecular weight is 449 g/mol. The van der Waals surface area contributed by atoms with E-state index in [4.69, 9.17) is 16.7 Å². The van der Waals surface area contributed by atoms with Crippen LogP contribution in [-0.2, 0) is 21.2 Å². The Hall–Kier alpha value is -2.42. The number of hydrogen-bond donors (Lipinski definition) is 1. The number of hydrogen-bond acceptors (Lipinski definition) is 5. The summed E-state index contributed by atoms with van der Waals surface area (Å²) in [5.41, 5.74) is 1.81. The van der Waals surface area contributed by atoms with Gasteiger partial charge in [0.15, 0.2) is 0 Å². The normalized spacial score (nSPS) is 12.1. The fraction of sp³-hybridized carbons (Fsp3) is 0.200. The van der Waals surface area contributed by atoms with Gasteiger partial charge in [-0.15, -0.1) is 11.3 Å². The molecule has 0 aliphatic heterocycles. The Bertz CT molecular complexity index is 1360. The van der Waals surface area contributed by atoms with E-state index in [2.05, 4.69) is 4.98 Å². The Morgan fingerprint density at radius 2 is 2.00 bits per heavy atom. The molecule has 0 atom stereocenters. The van der Waals surface area contributed by atoms with Crippen LogP contribution in [0.3, 0.4) is 0 Å². The number of thiazole rings is 1. The lowest BCUT2D eigenvalue weighted by molar-refractivity contribution is -0.137. The highest BCUT2D eigenvalue weighted by atomic mass is 35.5. The zero-order valence-corrected chi connectivity index (χ0v) is 17.8. The van der Waals surface area contributed by atoms with Crippen LogP contribution in [0.25, 0.3) is 21.1 Å². The Morgan fingerprint density at radius 3 is 2.76 bits per heavy atom. The summed E-state index contributed by atoms with van der Waals surface area (Å²) in [4.78, 5) is 15.4. The molecule has 9 heteroatoms. The van der Waals surface area contributed by atoms with Crippen LogP contribution in [-0.4, -0.2) is 28.5 Å². The lowest BCUT2D eigenvalue weighted by Crippen LogP contribution is -2.16. The van der Waals surface area contributed by atoms with Gasteiger partial charge in [-0.25, -0.2) is 17.4 Å². The van der Waals surface area contributed by atoms with Crippen molar-refractivity contribution in [3.8, 4) is 0 Å². The monoisotopic (exact) mass is 448 g/mol. The molecule has 4 aromatic rings. The summed E-state index contributed by atoms with van der Waals surface area (Å²) in [5.74, 6) is -0.912. The van der Waals surface area contributed by atoms with Gasteiger partial charge in [0.2, 0.25) is 0 Å². The summed E-state index contributed by atoms with van der Waals surface area (Å²) in [6.45, 7) is 1.88. The Balaban J connectivity index is 1.87. The number of halogens is 1. The fourth-order valence-electron chi connectivity index (χ4n) is 3.38. The van der Waals surface area contributed by atoms with Crippen molar-refractivity contribution in [3.05, 3.63) is 58.2 Å². The minimum atomic E-state index is -3.89. The van der Waals surface area contributed by atoms with Crippen LogP contribution in [0.15, 0.2) is 47.4 Å². The SMILES string of the molecule is Cc1nc2ccc(S(=O)(=O)n3c(CCCC(=O)O)cc4cc(Cl)ccc43)cc2s1. The summed E-state index contributed by atoms with van der Waals surface area (Å²) in [6, 6.07) is 11.7. The van der Waals surface area contributed by atoms with Gasteiger partial charge in [-0.1, -0.05) is 11.6 Å². The molecule has 0 aliphatic carbocycles. The lowest BCUT2D eigenvalue weighted by atomic mass is 10.2. The molecule has 0 unspecified atom stereocenters. The van der Waals surface area contributed by atoms with Crippen molar-refractivity contribution in [1.82, 2.24) is 8.96 Å². The van der Waals surface area contributed by atoms with Crippen LogP contribution in [0.2, 0.25) is 5.02 Å². The molecular weight excluding hydrogens is 432 g/mol. The molecule has 0 spiro atoms. The highest BCUT2D eigenvalue weighted by Crippen LogP contribution is 2.31. The van der Waals surface area contributed by atoms with Crippen molar-refractivity contribution in [2.24, 2.45) is 0 Å². The molecule has 150 valence electrons. The van der Waals surface area contributed by atoms with Crippen LogP contribution in [0, 0.1) is 6.92 Å². The second-order valence-corrected chi connectivity index (χ2v) is 10.2. The van der Waals surface area contributed by atoms with Crippen LogP contribution in [0.5, 0.6) is 0 Å². The van der Waals surface area contributed by atoms with Gasteiger partial charge in [-0.05, 0) is 62.2 Å². The van der Waals surface area contributed by atoms with Crippen LogP contribution < -0.4 is 0 Å². The summed E-state index contributed by atoms with van der Waals surface area (Å²) in [5, 5.41) is 11.0. The quantitative estimate of drug-likeness (QED) is 0.455. The first-order valence-corrected chi connectivity index (χ1v) is 11.5. The molecular formula is C20H17ClN2O4S2. The van der Waals surface area contributed by atoms with Gasteiger partial charge in [-0.2, -0.15) is 0 Å². The first-order valence-electron chi connectivity index (χ1n) is 8.90. The van der Waals surface area contributed by atoms with E-state index in [0.29, 0.717) is 34.5 Å². The maximum absolute atomic E-state index is 13.6. The number of aryl methyl sites for hydroxylation is 2. The molecule has 2 heterocycles. The van der Waals surface area contributed by atoms with Crippen LogP contribution in [0.4, 0.5) is 0 Å². The molecule has 0 fully saturated rings. The van der Waals surface area contributed by atoms with E-state index >= 15 is 0 Å². The molecule has 4 rings (SSSR count). The van der Waals surface area contributed by atoms with E-state index in [1.807, 2.05) is 6.92 Å². The first kappa shape index (κ1) is 19.9. The van der Waals surface area contributed by atoms with E-state index in [1.54, 1.807) is 42.5 Å². The second kappa shape index (κ2) is 7.44. The third-order valence-corrected chi connectivity index (χ3v) is 7.55. The highest BCUT2D eigenvalue weighted by molar-refractivity contribution is 7.90. The lowest BCUT2D eigenvalue weighted by Gasteiger charge is -2.12. The van der Waals surface area contributed by atoms with Crippen molar-refractivity contribution in [2.45, 2.75) is 31.1 Å². The van der Waals surface area contributed by atoms with Gasteiger partial charge in [0.1, 0.15) is 0 Å². The summed E-state index contributed by atoms with van der Waals surface area (Å²) < 4.78 is 29.2. The number of rotatable bonds is 6. The molecule has 6 nitrogen and oxygen atoms in total. The maximum atomic E-state index is 13.6. The minimum Gasteiger partial charge on any atom is -0.481 e. The maximum Gasteiger partial charge on any atom is 0.303 e. The predicted octanol–water partition coefficient (Wildman–Crippen LogP) is 4.86. The number of carboxylic acids is 1. The largest absolute Gasteiger partial charge is 0.481 e. The Kier molecular flexibility index (Phi) is 5.10. The van der Waals surface area contributed by atoms with E-state index in [9.17, 15) is 13.2 Å². The van der Waals surface area contributed by atoms with Crippen LogP contribution in [0.1, 0.15) is 23.5 Å². The molecule has 0 aliphatic rings. The smallest absolute Gasteiger partial charge is 0.303 e. The third-order valence-electron chi connectivity index (χ3n) is 4.62. The van der Waals surface area contributed by atoms with Gasteiger partial charge in [0.05, 0.1) is 25.6 Å². The summed E-state index contributed by atoms with van der Waals surface area (Å²) in [6.07, 6.45) is 0.621. The molecule has 2 aromatic heterocycles. The van der Waals surface area contributed by atoms with Crippen molar-refractivity contribution in [1.29, 1.82) is 0 Å². The summed E-state index contributed by atoms with van der Waals surface area (Å²) in [7, 11) is -3.89. The molecule has 0 radical (unpaired) electrons. The topological polar surface area (TPSA) is 89.3 Å². The Morgan fingerprint density at radius 1 is 1.21 bits per heavy atom. The number of carbonyl (C=O) groups is 1. The van der Waals surface area contributed by atoms with Crippen molar-refractivity contribution >= 4 is 60.0 Å². The molecule has 2 aromatic carbocycles. The van der Waals surface area contributed by atoms with Gasteiger partial charge in [0.25, 0.3) is 10.0 Å². The minimum absolute atomic E-state index is 0.0333. The number of aromatic nitrogens is 2. The molecule has 0 amide bonds. The first-order chi connectivity index (χ1) is 13.8. The van der Waals surface area contributed by atoms with E-state index in [0.717, 1.165) is 15.2 Å². The van der Waals surface area contributed by atoms with E-state index < -0.39 is 16.0 Å². The van der Waals surface area contributed by atoms with Crippen molar-refractivity contribution in [3.63, 3.8) is 0 Å². The molecule has 0 saturated carbocycles.